The zero-order chi connectivity index (χ0) is 21.5. The number of para-hydroxylation sites is 1. The van der Waals surface area contributed by atoms with Crippen LogP contribution in [-0.2, 0) is 9.53 Å². The third-order valence-electron chi connectivity index (χ3n) is 5.17. The molecule has 0 bridgehead atoms. The van der Waals surface area contributed by atoms with Crippen molar-refractivity contribution in [2.45, 2.75) is 17.7 Å². The molecule has 5 nitrogen and oxygen atoms in total. The number of morpholine rings is 1. The van der Waals surface area contributed by atoms with Crippen molar-refractivity contribution in [1.29, 1.82) is 0 Å². The van der Waals surface area contributed by atoms with Crippen LogP contribution in [0.1, 0.15) is 12.8 Å². The van der Waals surface area contributed by atoms with Crippen LogP contribution in [0.2, 0.25) is 5.02 Å². The van der Waals surface area contributed by atoms with E-state index in [-0.39, 0.29) is 5.91 Å². The molecule has 1 saturated heterocycles. The molecule has 1 aliphatic rings. The van der Waals surface area contributed by atoms with Gasteiger partial charge < -0.3 is 4.74 Å². The lowest BCUT2D eigenvalue weighted by Crippen LogP contribution is -2.39. The highest BCUT2D eigenvalue weighted by Gasteiger charge is 2.20. The molecular weight excluding hydrogens is 450 g/mol. The fourth-order valence-corrected chi connectivity index (χ4v) is 5.48. The number of halogens is 1. The quantitative estimate of drug-likeness (QED) is 0.398. The largest absolute Gasteiger partial charge is 0.379 e. The van der Waals surface area contributed by atoms with E-state index in [1.54, 1.807) is 23.1 Å². The Morgan fingerprint density at radius 2 is 1.94 bits per heavy atom. The molecular formula is C23H26ClN3O2S2. The van der Waals surface area contributed by atoms with E-state index in [1.165, 1.54) is 0 Å². The Hall–Kier alpha value is -1.64. The highest BCUT2D eigenvalue weighted by atomic mass is 35.5. The van der Waals surface area contributed by atoms with Crippen molar-refractivity contribution in [2.24, 2.45) is 0 Å². The summed E-state index contributed by atoms with van der Waals surface area (Å²) in [4.78, 5) is 23.3. The molecule has 1 fully saturated rings. The van der Waals surface area contributed by atoms with Crippen molar-refractivity contribution >= 4 is 56.0 Å². The van der Waals surface area contributed by atoms with Crippen molar-refractivity contribution in [3.63, 3.8) is 0 Å². The van der Waals surface area contributed by atoms with Gasteiger partial charge in [-0.05, 0) is 42.8 Å². The third kappa shape index (κ3) is 6.43. The minimum atomic E-state index is 0.127. The maximum absolute atomic E-state index is 13.2. The van der Waals surface area contributed by atoms with Crippen LogP contribution in [0.4, 0.5) is 5.13 Å². The topological polar surface area (TPSA) is 45.7 Å². The number of fused-ring (bicyclic) bond motifs is 1. The Bertz CT molecular complexity index is 957. The highest BCUT2D eigenvalue weighted by Crippen LogP contribution is 2.30. The summed E-state index contributed by atoms with van der Waals surface area (Å²) in [6.45, 7) is 5.17. The fraction of sp³-hybridized carbons (Fsp3) is 0.391. The van der Waals surface area contributed by atoms with Crippen molar-refractivity contribution in [1.82, 2.24) is 9.88 Å². The second-order valence-corrected chi connectivity index (χ2v) is 9.98. The maximum Gasteiger partial charge on any atom is 0.229 e. The minimum absolute atomic E-state index is 0.127. The lowest BCUT2D eigenvalue weighted by atomic mass is 10.3. The summed E-state index contributed by atoms with van der Waals surface area (Å²) in [7, 11) is 0. The molecule has 1 aliphatic heterocycles. The number of amides is 1. The summed E-state index contributed by atoms with van der Waals surface area (Å²) in [5.41, 5.74) is 0.948. The fourth-order valence-electron chi connectivity index (χ4n) is 3.50. The zero-order valence-electron chi connectivity index (χ0n) is 17.3. The predicted molar refractivity (Wildman–Crippen MR) is 131 cm³/mol. The van der Waals surface area contributed by atoms with Crippen LogP contribution < -0.4 is 4.90 Å². The Morgan fingerprint density at radius 1 is 1.16 bits per heavy atom. The molecule has 0 radical (unpaired) electrons. The Morgan fingerprint density at radius 3 is 2.71 bits per heavy atom. The van der Waals surface area contributed by atoms with Gasteiger partial charge in [0, 0.05) is 48.3 Å². The number of benzene rings is 2. The van der Waals surface area contributed by atoms with Gasteiger partial charge in [0.05, 0.1) is 23.4 Å². The number of hydrogen-bond acceptors (Lipinski definition) is 6. The Kier molecular flexibility index (Phi) is 8.21. The number of rotatable bonds is 9. The van der Waals surface area contributed by atoms with Gasteiger partial charge in [0.1, 0.15) is 0 Å². The number of carbonyl (C=O) groups excluding carboxylic acids is 1. The summed E-state index contributed by atoms with van der Waals surface area (Å²) < 4.78 is 6.54. The Labute approximate surface area is 196 Å². The standard InChI is InChI=1S/C23H26ClN3O2S2/c24-18-6-8-19(9-7-18)30-17-10-22(28)27(12-3-11-26-13-15-29-16-14-26)23-25-20-4-1-2-5-21(20)31-23/h1-2,4-9H,3,10-17H2. The van der Waals surface area contributed by atoms with Crippen LogP contribution in [0.5, 0.6) is 0 Å². The van der Waals surface area contributed by atoms with Crippen molar-refractivity contribution in [3.05, 3.63) is 53.6 Å². The van der Waals surface area contributed by atoms with Crippen LogP contribution in [-0.4, -0.2) is 60.9 Å². The predicted octanol–water partition coefficient (Wildman–Crippen LogP) is 5.19. The van der Waals surface area contributed by atoms with E-state index in [0.29, 0.717) is 13.0 Å². The van der Waals surface area contributed by atoms with E-state index in [1.807, 2.05) is 47.4 Å². The number of anilines is 1. The van der Waals surface area contributed by atoms with Gasteiger partial charge in [0.2, 0.25) is 5.91 Å². The first-order valence-electron chi connectivity index (χ1n) is 10.5. The summed E-state index contributed by atoms with van der Waals surface area (Å²) in [6, 6.07) is 15.8. The molecule has 8 heteroatoms. The number of ether oxygens (including phenoxy) is 1. The number of thiazole rings is 1. The molecule has 3 aromatic rings. The number of nitrogens with zero attached hydrogens (tertiary/aromatic N) is 3. The van der Waals surface area contributed by atoms with Crippen LogP contribution in [0.25, 0.3) is 10.2 Å². The van der Waals surface area contributed by atoms with Gasteiger partial charge in [-0.15, -0.1) is 11.8 Å². The molecule has 4 rings (SSSR count). The van der Waals surface area contributed by atoms with E-state index in [9.17, 15) is 4.79 Å². The van der Waals surface area contributed by atoms with E-state index < -0.39 is 0 Å². The van der Waals surface area contributed by atoms with Gasteiger partial charge in [-0.1, -0.05) is 35.1 Å². The van der Waals surface area contributed by atoms with Crippen LogP contribution in [0.3, 0.4) is 0 Å². The van der Waals surface area contributed by atoms with Crippen LogP contribution in [0, 0.1) is 0 Å². The number of aromatic nitrogens is 1. The van der Waals surface area contributed by atoms with Crippen molar-refractivity contribution in [2.75, 3.05) is 50.0 Å². The molecule has 0 aliphatic carbocycles. The zero-order valence-corrected chi connectivity index (χ0v) is 19.7. The first kappa shape index (κ1) is 22.6. The molecule has 164 valence electrons. The molecule has 0 spiro atoms. The highest BCUT2D eigenvalue weighted by molar-refractivity contribution is 7.99. The van der Waals surface area contributed by atoms with Gasteiger partial charge in [0.25, 0.3) is 0 Å². The number of thioether (sulfide) groups is 1. The molecule has 2 heterocycles. The average molecular weight is 476 g/mol. The first-order valence-corrected chi connectivity index (χ1v) is 12.7. The van der Waals surface area contributed by atoms with Crippen LogP contribution >= 0.6 is 34.7 Å². The lowest BCUT2D eigenvalue weighted by molar-refractivity contribution is -0.118. The normalized spacial score (nSPS) is 14.7. The first-order chi connectivity index (χ1) is 15.2. The van der Waals surface area contributed by atoms with Crippen molar-refractivity contribution < 1.29 is 9.53 Å². The van der Waals surface area contributed by atoms with E-state index in [0.717, 1.165) is 70.3 Å². The summed E-state index contributed by atoms with van der Waals surface area (Å²) >= 11 is 9.22. The van der Waals surface area contributed by atoms with Gasteiger partial charge in [0.15, 0.2) is 5.13 Å². The number of hydrogen-bond donors (Lipinski definition) is 0. The molecule has 1 aromatic heterocycles. The Balaban J connectivity index is 1.39. The second-order valence-electron chi connectivity index (χ2n) is 7.37. The molecule has 1 amide bonds. The SMILES string of the molecule is O=C(CCSc1ccc(Cl)cc1)N(CCCN1CCOCC1)c1nc2ccccc2s1. The third-order valence-corrected chi connectivity index (χ3v) is 7.50. The van der Waals surface area contributed by atoms with Gasteiger partial charge in [-0.2, -0.15) is 0 Å². The molecule has 0 atom stereocenters. The van der Waals surface area contributed by atoms with E-state index in [2.05, 4.69) is 11.0 Å². The van der Waals surface area contributed by atoms with Crippen molar-refractivity contribution in [3.8, 4) is 0 Å². The van der Waals surface area contributed by atoms with Crippen LogP contribution in [0.15, 0.2) is 53.4 Å². The van der Waals surface area contributed by atoms with Gasteiger partial charge in [-0.25, -0.2) is 4.98 Å². The van der Waals surface area contributed by atoms with E-state index in [4.69, 9.17) is 21.3 Å². The summed E-state index contributed by atoms with van der Waals surface area (Å²) in [5.74, 6) is 0.855. The second kappa shape index (κ2) is 11.3. The average Bonchev–Trinajstić information content (AvgIpc) is 3.22. The maximum atomic E-state index is 13.2. The monoisotopic (exact) mass is 475 g/mol. The summed E-state index contributed by atoms with van der Waals surface area (Å²) in [5, 5.41) is 1.52. The smallest absolute Gasteiger partial charge is 0.229 e. The van der Waals surface area contributed by atoms with Gasteiger partial charge in [-0.3, -0.25) is 14.6 Å². The molecule has 2 aromatic carbocycles. The molecule has 0 saturated carbocycles. The molecule has 31 heavy (non-hydrogen) atoms. The van der Waals surface area contributed by atoms with Gasteiger partial charge >= 0.3 is 0 Å². The molecule has 0 N–H and O–H groups in total. The molecule has 0 unspecified atom stereocenters. The number of carbonyl (C=O) groups is 1. The lowest BCUT2D eigenvalue weighted by Gasteiger charge is -2.27. The van der Waals surface area contributed by atoms with E-state index >= 15 is 0 Å². The summed E-state index contributed by atoms with van der Waals surface area (Å²) in [6.07, 6.45) is 1.40. The minimum Gasteiger partial charge on any atom is -0.379 e.